The highest BCUT2D eigenvalue weighted by atomic mass is 79.9. The zero-order chi connectivity index (χ0) is 17.6. The molecular formula is C20H24BrN3O. The van der Waals surface area contributed by atoms with Crippen LogP contribution in [-0.4, -0.2) is 37.5 Å². The van der Waals surface area contributed by atoms with Crippen molar-refractivity contribution in [2.75, 3.05) is 36.9 Å². The van der Waals surface area contributed by atoms with E-state index in [1.54, 1.807) is 0 Å². The first-order chi connectivity index (χ1) is 12.1. The number of nitrogens with zero attached hydrogens (tertiary/aromatic N) is 2. The minimum Gasteiger partial charge on any atom is -0.372 e. The van der Waals surface area contributed by atoms with Crippen LogP contribution in [0.15, 0.2) is 53.0 Å². The smallest absolute Gasteiger partial charge is 0.238 e. The number of carbonyl (C=O) groups excluding carboxylic acids is 1. The first-order valence-electron chi connectivity index (χ1n) is 8.68. The van der Waals surface area contributed by atoms with Gasteiger partial charge in [-0.05, 0) is 61.9 Å². The molecule has 1 fully saturated rings. The van der Waals surface area contributed by atoms with Gasteiger partial charge >= 0.3 is 0 Å². The van der Waals surface area contributed by atoms with Crippen LogP contribution < -0.4 is 10.2 Å². The minimum atomic E-state index is 0.00790. The van der Waals surface area contributed by atoms with Crippen molar-refractivity contribution in [2.24, 2.45) is 0 Å². The van der Waals surface area contributed by atoms with Gasteiger partial charge in [-0.15, -0.1) is 0 Å². The molecule has 2 aromatic carbocycles. The Balaban J connectivity index is 1.48. The molecule has 25 heavy (non-hydrogen) atoms. The predicted octanol–water partition coefficient (Wildman–Crippen LogP) is 4.12. The summed E-state index contributed by atoms with van der Waals surface area (Å²) in [4.78, 5) is 16.6. The number of likely N-dealkylation sites (N-methyl/N-ethyl adjacent to an activating group) is 1. The minimum absolute atomic E-state index is 0.00790. The van der Waals surface area contributed by atoms with Crippen molar-refractivity contribution >= 4 is 33.2 Å². The van der Waals surface area contributed by atoms with Crippen LogP contribution in [0.3, 0.4) is 0 Å². The normalized spacial score (nSPS) is 14.1. The summed E-state index contributed by atoms with van der Waals surface area (Å²) >= 11 is 3.43. The van der Waals surface area contributed by atoms with Gasteiger partial charge in [-0.25, -0.2) is 0 Å². The Bertz CT molecular complexity index is 694. The van der Waals surface area contributed by atoms with Gasteiger partial charge < -0.3 is 10.2 Å². The molecule has 0 aliphatic carbocycles. The number of nitrogens with one attached hydrogen (secondary N) is 1. The highest BCUT2D eigenvalue weighted by Crippen LogP contribution is 2.22. The summed E-state index contributed by atoms with van der Waals surface area (Å²) in [5, 5.41) is 2.98. The van der Waals surface area contributed by atoms with Crippen LogP contribution >= 0.6 is 15.9 Å². The van der Waals surface area contributed by atoms with Gasteiger partial charge in [0.15, 0.2) is 0 Å². The molecule has 0 unspecified atom stereocenters. The quantitative estimate of drug-likeness (QED) is 0.790. The maximum Gasteiger partial charge on any atom is 0.238 e. The van der Waals surface area contributed by atoms with E-state index in [2.05, 4.69) is 50.4 Å². The molecule has 3 rings (SSSR count). The van der Waals surface area contributed by atoms with Gasteiger partial charge in [-0.3, -0.25) is 9.69 Å². The van der Waals surface area contributed by atoms with Crippen molar-refractivity contribution in [3.8, 4) is 0 Å². The van der Waals surface area contributed by atoms with E-state index in [1.165, 1.54) is 24.1 Å². The van der Waals surface area contributed by atoms with Crippen LogP contribution in [0.25, 0.3) is 0 Å². The molecule has 0 spiro atoms. The number of amides is 1. The predicted molar refractivity (Wildman–Crippen MR) is 107 cm³/mol. The summed E-state index contributed by atoms with van der Waals surface area (Å²) in [5.41, 5.74) is 3.28. The van der Waals surface area contributed by atoms with Gasteiger partial charge in [0.1, 0.15) is 0 Å². The molecule has 1 amide bonds. The number of carbonyl (C=O) groups is 1. The third-order valence-electron chi connectivity index (χ3n) is 4.40. The fourth-order valence-electron chi connectivity index (χ4n) is 3.13. The number of anilines is 2. The molecule has 0 radical (unpaired) electrons. The lowest BCUT2D eigenvalue weighted by Crippen LogP contribution is -2.29. The summed E-state index contributed by atoms with van der Waals surface area (Å²) < 4.78 is 1.06. The van der Waals surface area contributed by atoms with Crippen molar-refractivity contribution in [3.05, 3.63) is 58.6 Å². The molecule has 1 aliphatic rings. The first-order valence-corrected chi connectivity index (χ1v) is 9.47. The van der Waals surface area contributed by atoms with Gasteiger partial charge in [0.25, 0.3) is 0 Å². The Morgan fingerprint density at radius 2 is 1.72 bits per heavy atom. The lowest BCUT2D eigenvalue weighted by atomic mass is 10.2. The molecule has 132 valence electrons. The molecule has 1 N–H and O–H groups in total. The van der Waals surface area contributed by atoms with Gasteiger partial charge in [0, 0.05) is 35.5 Å². The van der Waals surface area contributed by atoms with Crippen LogP contribution in [-0.2, 0) is 11.3 Å². The molecule has 0 bridgehead atoms. The summed E-state index contributed by atoms with van der Waals surface area (Å²) in [6.45, 7) is 3.37. The summed E-state index contributed by atoms with van der Waals surface area (Å²) in [6, 6.07) is 16.3. The van der Waals surface area contributed by atoms with E-state index in [0.29, 0.717) is 6.54 Å². The number of hydrogen-bond donors (Lipinski definition) is 1. The first kappa shape index (κ1) is 18.0. The zero-order valence-corrected chi connectivity index (χ0v) is 16.1. The SMILES string of the molecule is CN(CC(=O)Nc1ccc(N2CCCC2)cc1)Cc1ccc(Br)cc1. The van der Waals surface area contributed by atoms with E-state index in [9.17, 15) is 4.79 Å². The van der Waals surface area contributed by atoms with Gasteiger partial charge in [0.05, 0.1) is 6.54 Å². The van der Waals surface area contributed by atoms with E-state index < -0.39 is 0 Å². The van der Waals surface area contributed by atoms with Crippen molar-refractivity contribution in [2.45, 2.75) is 19.4 Å². The monoisotopic (exact) mass is 401 g/mol. The molecule has 1 heterocycles. The molecular weight excluding hydrogens is 378 g/mol. The second-order valence-corrected chi connectivity index (χ2v) is 7.50. The number of hydrogen-bond acceptors (Lipinski definition) is 3. The van der Waals surface area contributed by atoms with E-state index >= 15 is 0 Å². The lowest BCUT2D eigenvalue weighted by molar-refractivity contribution is -0.117. The van der Waals surface area contributed by atoms with E-state index in [-0.39, 0.29) is 5.91 Å². The van der Waals surface area contributed by atoms with E-state index in [1.807, 2.05) is 36.2 Å². The summed E-state index contributed by atoms with van der Waals surface area (Å²) in [6.07, 6.45) is 2.53. The number of halogens is 1. The van der Waals surface area contributed by atoms with Gasteiger partial charge in [-0.2, -0.15) is 0 Å². The average Bonchev–Trinajstić information content (AvgIpc) is 3.12. The molecule has 2 aromatic rings. The molecule has 5 heteroatoms. The third kappa shape index (κ3) is 5.31. The second kappa shape index (κ2) is 8.50. The second-order valence-electron chi connectivity index (χ2n) is 6.59. The maximum absolute atomic E-state index is 12.2. The largest absolute Gasteiger partial charge is 0.372 e. The fraction of sp³-hybridized carbons (Fsp3) is 0.350. The van der Waals surface area contributed by atoms with Gasteiger partial charge in [-0.1, -0.05) is 28.1 Å². The van der Waals surface area contributed by atoms with E-state index in [4.69, 9.17) is 0 Å². The van der Waals surface area contributed by atoms with Crippen LogP contribution in [0.5, 0.6) is 0 Å². The van der Waals surface area contributed by atoms with Crippen molar-refractivity contribution in [1.82, 2.24) is 4.90 Å². The van der Waals surface area contributed by atoms with Crippen molar-refractivity contribution in [1.29, 1.82) is 0 Å². The molecule has 0 atom stereocenters. The van der Waals surface area contributed by atoms with Crippen LogP contribution in [0.2, 0.25) is 0 Å². The lowest BCUT2D eigenvalue weighted by Gasteiger charge is -2.18. The Hall–Kier alpha value is -1.85. The van der Waals surface area contributed by atoms with Gasteiger partial charge in [0.2, 0.25) is 5.91 Å². The zero-order valence-electron chi connectivity index (χ0n) is 14.5. The molecule has 4 nitrogen and oxygen atoms in total. The summed E-state index contributed by atoms with van der Waals surface area (Å²) in [7, 11) is 1.96. The Labute approximate surface area is 158 Å². The molecule has 0 aromatic heterocycles. The highest BCUT2D eigenvalue weighted by Gasteiger charge is 2.12. The average molecular weight is 402 g/mol. The molecule has 1 aliphatic heterocycles. The van der Waals surface area contributed by atoms with Crippen molar-refractivity contribution in [3.63, 3.8) is 0 Å². The Morgan fingerprint density at radius 1 is 1.08 bits per heavy atom. The molecule has 0 saturated carbocycles. The van der Waals surface area contributed by atoms with Crippen LogP contribution in [0.4, 0.5) is 11.4 Å². The third-order valence-corrected chi connectivity index (χ3v) is 4.93. The van der Waals surface area contributed by atoms with E-state index in [0.717, 1.165) is 29.8 Å². The van der Waals surface area contributed by atoms with Crippen LogP contribution in [0.1, 0.15) is 18.4 Å². The Kier molecular flexibility index (Phi) is 6.10. The van der Waals surface area contributed by atoms with Crippen molar-refractivity contribution < 1.29 is 4.79 Å². The standard InChI is InChI=1S/C20H24BrN3O/c1-23(14-16-4-6-17(21)7-5-16)15-20(25)22-18-8-10-19(11-9-18)24-12-2-3-13-24/h4-11H,2-3,12-15H2,1H3,(H,22,25). The highest BCUT2D eigenvalue weighted by molar-refractivity contribution is 9.10. The Morgan fingerprint density at radius 3 is 2.36 bits per heavy atom. The maximum atomic E-state index is 12.2. The number of rotatable bonds is 6. The number of benzene rings is 2. The van der Waals surface area contributed by atoms with Crippen LogP contribution in [0, 0.1) is 0 Å². The molecule has 1 saturated heterocycles. The summed E-state index contributed by atoms with van der Waals surface area (Å²) in [5.74, 6) is 0.00790. The fourth-order valence-corrected chi connectivity index (χ4v) is 3.40. The topological polar surface area (TPSA) is 35.6 Å².